The van der Waals surface area contributed by atoms with Gasteiger partial charge in [-0.15, -0.1) is 0 Å². The zero-order valence-corrected chi connectivity index (χ0v) is 11.9. The Labute approximate surface area is 118 Å². The molecule has 108 valence electrons. The Morgan fingerprint density at radius 2 is 2.05 bits per heavy atom. The minimum Gasteiger partial charge on any atom is -0.385 e. The number of methoxy groups -OCH3 is 1. The average Bonchev–Trinajstić information content (AvgIpc) is 2.77. The fourth-order valence-corrected chi connectivity index (χ4v) is 2.01. The molecular formula is C15H20FN3O. The third-order valence-electron chi connectivity index (χ3n) is 2.97. The van der Waals surface area contributed by atoms with Gasteiger partial charge in [0.25, 0.3) is 0 Å². The van der Waals surface area contributed by atoms with Crippen molar-refractivity contribution in [3.8, 4) is 0 Å². The van der Waals surface area contributed by atoms with E-state index in [2.05, 4.69) is 10.3 Å². The molecule has 0 aliphatic carbocycles. The molecule has 1 heterocycles. The molecule has 5 heteroatoms. The van der Waals surface area contributed by atoms with Crippen LogP contribution in [0, 0.1) is 12.7 Å². The molecular weight excluding hydrogens is 257 g/mol. The van der Waals surface area contributed by atoms with Crippen molar-refractivity contribution in [2.45, 2.75) is 19.9 Å². The highest BCUT2D eigenvalue weighted by Gasteiger charge is 2.05. The number of hydrogen-bond donors (Lipinski definition) is 1. The first-order valence-corrected chi connectivity index (χ1v) is 6.70. The van der Waals surface area contributed by atoms with Crippen molar-refractivity contribution in [2.24, 2.45) is 0 Å². The molecule has 0 spiro atoms. The minimum absolute atomic E-state index is 0.214. The number of aryl methyl sites for hydroxylation is 1. The predicted molar refractivity (Wildman–Crippen MR) is 77.4 cm³/mol. The zero-order valence-electron chi connectivity index (χ0n) is 11.9. The Morgan fingerprint density at radius 3 is 2.75 bits per heavy atom. The van der Waals surface area contributed by atoms with E-state index in [1.807, 2.05) is 17.7 Å². The van der Waals surface area contributed by atoms with Gasteiger partial charge in [0.1, 0.15) is 5.82 Å². The first kappa shape index (κ1) is 14.5. The SMILES string of the molecule is COCCCNc1nc(C)cn1Cc1ccc(F)cc1. The van der Waals surface area contributed by atoms with Crippen LogP contribution in [0.25, 0.3) is 0 Å². The molecule has 0 fully saturated rings. The Morgan fingerprint density at radius 1 is 1.30 bits per heavy atom. The Kier molecular flexibility index (Phi) is 5.12. The molecule has 0 aliphatic heterocycles. The normalized spacial score (nSPS) is 10.8. The number of imidazole rings is 1. The van der Waals surface area contributed by atoms with E-state index >= 15 is 0 Å². The molecule has 0 unspecified atom stereocenters. The number of aromatic nitrogens is 2. The number of benzene rings is 1. The second-order valence-corrected chi connectivity index (χ2v) is 4.73. The highest BCUT2D eigenvalue weighted by Crippen LogP contribution is 2.12. The van der Waals surface area contributed by atoms with Gasteiger partial charge in [-0.05, 0) is 31.0 Å². The van der Waals surface area contributed by atoms with Crippen LogP contribution in [0.15, 0.2) is 30.5 Å². The van der Waals surface area contributed by atoms with Crippen molar-refractivity contribution >= 4 is 5.95 Å². The summed E-state index contributed by atoms with van der Waals surface area (Å²) in [7, 11) is 1.69. The summed E-state index contributed by atoms with van der Waals surface area (Å²) in [6.07, 6.45) is 2.92. The van der Waals surface area contributed by atoms with Crippen LogP contribution in [0.2, 0.25) is 0 Å². The second-order valence-electron chi connectivity index (χ2n) is 4.73. The number of rotatable bonds is 7. The number of halogens is 1. The molecule has 2 rings (SSSR count). The molecule has 0 amide bonds. The van der Waals surface area contributed by atoms with Gasteiger partial charge < -0.3 is 14.6 Å². The first-order chi connectivity index (χ1) is 9.69. The molecule has 0 radical (unpaired) electrons. The van der Waals surface area contributed by atoms with Gasteiger partial charge in [-0.25, -0.2) is 9.37 Å². The number of ether oxygens (including phenoxy) is 1. The standard InChI is InChI=1S/C15H20FN3O/c1-12-10-19(11-13-4-6-14(16)7-5-13)15(18-12)17-8-3-9-20-2/h4-7,10H,3,8-9,11H2,1-2H3,(H,17,18). The van der Waals surface area contributed by atoms with Crippen molar-refractivity contribution < 1.29 is 9.13 Å². The van der Waals surface area contributed by atoms with Gasteiger partial charge in [0, 0.05) is 26.5 Å². The maximum absolute atomic E-state index is 12.9. The van der Waals surface area contributed by atoms with Gasteiger partial charge >= 0.3 is 0 Å². The van der Waals surface area contributed by atoms with Crippen LogP contribution in [0.4, 0.5) is 10.3 Å². The summed E-state index contributed by atoms with van der Waals surface area (Å²) in [5.74, 6) is 0.622. The van der Waals surface area contributed by atoms with Crippen molar-refractivity contribution in [2.75, 3.05) is 25.6 Å². The van der Waals surface area contributed by atoms with Gasteiger partial charge in [0.05, 0.1) is 12.2 Å². The van der Waals surface area contributed by atoms with Gasteiger partial charge in [0.15, 0.2) is 0 Å². The number of nitrogens with zero attached hydrogens (tertiary/aromatic N) is 2. The van der Waals surface area contributed by atoms with Crippen LogP contribution in [0.1, 0.15) is 17.7 Å². The van der Waals surface area contributed by atoms with Crippen LogP contribution < -0.4 is 5.32 Å². The van der Waals surface area contributed by atoms with E-state index in [0.717, 1.165) is 36.8 Å². The Bertz CT molecular complexity index is 537. The fourth-order valence-electron chi connectivity index (χ4n) is 2.01. The maximum atomic E-state index is 12.9. The van der Waals surface area contributed by atoms with Gasteiger partial charge in [-0.3, -0.25) is 0 Å². The molecule has 1 N–H and O–H groups in total. The molecule has 4 nitrogen and oxygen atoms in total. The van der Waals surface area contributed by atoms with Crippen molar-refractivity contribution in [3.05, 3.63) is 47.5 Å². The number of nitrogens with one attached hydrogen (secondary N) is 1. The van der Waals surface area contributed by atoms with E-state index in [-0.39, 0.29) is 5.82 Å². The highest BCUT2D eigenvalue weighted by atomic mass is 19.1. The molecule has 1 aromatic heterocycles. The summed E-state index contributed by atoms with van der Waals surface area (Å²) in [4.78, 5) is 4.46. The maximum Gasteiger partial charge on any atom is 0.203 e. The predicted octanol–water partition coefficient (Wildman–Crippen LogP) is 2.83. The van der Waals surface area contributed by atoms with Crippen LogP contribution in [-0.2, 0) is 11.3 Å². The molecule has 20 heavy (non-hydrogen) atoms. The molecule has 0 saturated carbocycles. The van der Waals surface area contributed by atoms with Crippen LogP contribution in [-0.4, -0.2) is 29.8 Å². The quantitative estimate of drug-likeness (QED) is 0.791. The lowest BCUT2D eigenvalue weighted by Crippen LogP contribution is -2.10. The molecule has 2 aromatic rings. The number of anilines is 1. The summed E-state index contributed by atoms with van der Waals surface area (Å²) < 4.78 is 20.0. The third-order valence-corrected chi connectivity index (χ3v) is 2.97. The monoisotopic (exact) mass is 277 g/mol. The lowest BCUT2D eigenvalue weighted by molar-refractivity contribution is 0.197. The molecule has 0 aliphatic rings. The van der Waals surface area contributed by atoms with E-state index < -0.39 is 0 Å². The molecule has 1 aromatic carbocycles. The van der Waals surface area contributed by atoms with Gasteiger partial charge in [-0.1, -0.05) is 12.1 Å². The zero-order chi connectivity index (χ0) is 14.4. The van der Waals surface area contributed by atoms with Crippen LogP contribution in [0.3, 0.4) is 0 Å². The fraction of sp³-hybridized carbons (Fsp3) is 0.400. The highest BCUT2D eigenvalue weighted by molar-refractivity contribution is 5.30. The molecule has 0 bridgehead atoms. The lowest BCUT2D eigenvalue weighted by Gasteiger charge is -2.09. The average molecular weight is 277 g/mol. The summed E-state index contributed by atoms with van der Waals surface area (Å²) in [5.41, 5.74) is 2.00. The smallest absolute Gasteiger partial charge is 0.203 e. The van der Waals surface area contributed by atoms with Crippen molar-refractivity contribution in [1.29, 1.82) is 0 Å². The lowest BCUT2D eigenvalue weighted by atomic mass is 10.2. The van der Waals surface area contributed by atoms with Gasteiger partial charge in [-0.2, -0.15) is 0 Å². The Balaban J connectivity index is 2.01. The van der Waals surface area contributed by atoms with Crippen molar-refractivity contribution in [1.82, 2.24) is 9.55 Å². The summed E-state index contributed by atoms with van der Waals surface area (Å²) in [6.45, 7) is 4.17. The summed E-state index contributed by atoms with van der Waals surface area (Å²) in [6, 6.07) is 6.54. The Hall–Kier alpha value is -1.88. The van der Waals surface area contributed by atoms with Crippen molar-refractivity contribution in [3.63, 3.8) is 0 Å². The van der Waals surface area contributed by atoms with E-state index in [0.29, 0.717) is 6.54 Å². The van der Waals surface area contributed by atoms with E-state index in [9.17, 15) is 4.39 Å². The summed E-state index contributed by atoms with van der Waals surface area (Å²) in [5, 5.41) is 3.30. The van der Waals surface area contributed by atoms with Gasteiger partial charge in [0.2, 0.25) is 5.95 Å². The van der Waals surface area contributed by atoms with E-state index in [1.54, 1.807) is 19.2 Å². The topological polar surface area (TPSA) is 39.1 Å². The van der Waals surface area contributed by atoms with E-state index in [1.165, 1.54) is 12.1 Å². The summed E-state index contributed by atoms with van der Waals surface area (Å²) >= 11 is 0. The largest absolute Gasteiger partial charge is 0.385 e. The van der Waals surface area contributed by atoms with E-state index in [4.69, 9.17) is 4.74 Å². The second kappa shape index (κ2) is 7.05. The third kappa shape index (κ3) is 4.06. The number of hydrogen-bond acceptors (Lipinski definition) is 3. The van der Waals surface area contributed by atoms with Crippen LogP contribution in [0.5, 0.6) is 0 Å². The molecule has 0 atom stereocenters. The minimum atomic E-state index is -0.214. The molecule has 0 saturated heterocycles. The first-order valence-electron chi connectivity index (χ1n) is 6.70. The van der Waals surface area contributed by atoms with Crippen LogP contribution >= 0.6 is 0 Å².